The van der Waals surface area contributed by atoms with Crippen molar-refractivity contribution in [3.8, 4) is 0 Å². The first kappa shape index (κ1) is 18.7. The van der Waals surface area contributed by atoms with Gasteiger partial charge >= 0.3 is 0 Å². The van der Waals surface area contributed by atoms with E-state index in [9.17, 15) is 9.59 Å². The Hall–Kier alpha value is -4.04. The van der Waals surface area contributed by atoms with Gasteiger partial charge < -0.3 is 0 Å². The third kappa shape index (κ3) is 2.53. The van der Waals surface area contributed by atoms with Crippen LogP contribution in [-0.2, 0) is 0 Å². The zero-order valence-corrected chi connectivity index (χ0v) is 17.9. The fraction of sp³-hybridized carbons (Fsp3) is 0.0667. The van der Waals surface area contributed by atoms with Gasteiger partial charge in [0.05, 0.1) is 0 Å². The van der Waals surface area contributed by atoms with E-state index in [1.165, 1.54) is 0 Å². The smallest absolute Gasteiger partial charge is 0.194 e. The van der Waals surface area contributed by atoms with Gasteiger partial charge in [-0.1, -0.05) is 83.9 Å². The molecule has 0 radical (unpaired) electrons. The summed E-state index contributed by atoms with van der Waals surface area (Å²) in [6.45, 7) is 4.01. The molecule has 0 aromatic heterocycles. The quantitative estimate of drug-likeness (QED) is 0.289. The van der Waals surface area contributed by atoms with Crippen LogP contribution in [0.3, 0.4) is 0 Å². The van der Waals surface area contributed by atoms with E-state index in [4.69, 9.17) is 0 Å². The third-order valence-corrected chi connectivity index (χ3v) is 6.51. The number of carbonyl (C=O) groups excluding carboxylic acids is 2. The summed E-state index contributed by atoms with van der Waals surface area (Å²) in [5.41, 5.74) is 10.7. The molecule has 0 saturated heterocycles. The minimum atomic E-state index is 0.0490. The van der Waals surface area contributed by atoms with E-state index in [0.717, 1.165) is 44.5 Å². The second kappa shape index (κ2) is 6.73. The maximum absolute atomic E-state index is 13.4. The van der Waals surface area contributed by atoms with Gasteiger partial charge in [-0.3, -0.25) is 9.59 Å². The largest absolute Gasteiger partial charge is 0.289 e. The second-order valence-electron chi connectivity index (χ2n) is 8.60. The number of aryl methyl sites for hydroxylation is 2. The van der Waals surface area contributed by atoms with Crippen molar-refractivity contribution in [3.63, 3.8) is 0 Å². The molecule has 0 N–H and O–H groups in total. The average molecular weight is 412 g/mol. The molecular formula is C30H20O2. The molecule has 152 valence electrons. The molecular weight excluding hydrogens is 392 g/mol. The van der Waals surface area contributed by atoms with Gasteiger partial charge in [-0.2, -0.15) is 0 Å². The lowest BCUT2D eigenvalue weighted by Crippen LogP contribution is -2.19. The lowest BCUT2D eigenvalue weighted by atomic mass is 9.72. The van der Waals surface area contributed by atoms with E-state index in [0.29, 0.717) is 22.3 Å². The molecule has 0 heterocycles. The van der Waals surface area contributed by atoms with Crippen molar-refractivity contribution >= 4 is 22.7 Å². The van der Waals surface area contributed by atoms with Gasteiger partial charge in [0.15, 0.2) is 11.6 Å². The second-order valence-corrected chi connectivity index (χ2v) is 8.60. The third-order valence-electron chi connectivity index (χ3n) is 6.51. The van der Waals surface area contributed by atoms with E-state index in [1.807, 2.05) is 86.6 Å². The Morgan fingerprint density at radius 3 is 1.16 bits per heavy atom. The van der Waals surface area contributed by atoms with Gasteiger partial charge in [0.2, 0.25) is 0 Å². The number of fused-ring (bicyclic) bond motifs is 4. The Balaban J connectivity index is 1.83. The maximum atomic E-state index is 13.4. The Labute approximate surface area is 186 Å². The molecule has 0 unspecified atom stereocenters. The fourth-order valence-electron chi connectivity index (χ4n) is 5.05. The summed E-state index contributed by atoms with van der Waals surface area (Å²) in [6, 6.07) is 27.8. The number of ketones is 2. The van der Waals surface area contributed by atoms with Crippen molar-refractivity contribution in [1.29, 1.82) is 0 Å². The summed E-state index contributed by atoms with van der Waals surface area (Å²) < 4.78 is 0. The topological polar surface area (TPSA) is 34.1 Å². The highest BCUT2D eigenvalue weighted by atomic mass is 16.1. The number of benzene rings is 4. The Bertz CT molecular complexity index is 1400. The highest BCUT2D eigenvalue weighted by Crippen LogP contribution is 2.46. The van der Waals surface area contributed by atoms with E-state index in [1.54, 1.807) is 0 Å². The Kier molecular flexibility index (Phi) is 3.93. The van der Waals surface area contributed by atoms with E-state index in [-0.39, 0.29) is 11.6 Å². The molecule has 2 aliphatic rings. The van der Waals surface area contributed by atoms with Crippen molar-refractivity contribution in [2.45, 2.75) is 13.8 Å². The fourth-order valence-corrected chi connectivity index (χ4v) is 5.05. The highest BCUT2D eigenvalue weighted by molar-refractivity contribution is 6.27. The molecule has 0 bridgehead atoms. The molecule has 0 spiro atoms. The minimum Gasteiger partial charge on any atom is -0.289 e. The molecule has 0 amide bonds. The number of rotatable bonds is 0. The summed E-state index contributed by atoms with van der Waals surface area (Å²) in [5, 5.41) is 0. The van der Waals surface area contributed by atoms with Crippen LogP contribution in [0.15, 0.2) is 84.9 Å². The molecule has 32 heavy (non-hydrogen) atoms. The maximum Gasteiger partial charge on any atom is 0.194 e. The molecule has 2 heteroatoms. The van der Waals surface area contributed by atoms with Crippen LogP contribution in [0.2, 0.25) is 0 Å². The Morgan fingerprint density at radius 2 is 0.750 bits per heavy atom. The van der Waals surface area contributed by atoms with Crippen molar-refractivity contribution in [2.75, 3.05) is 0 Å². The predicted molar refractivity (Wildman–Crippen MR) is 127 cm³/mol. The lowest BCUT2D eigenvalue weighted by molar-refractivity contribution is 0.102. The lowest BCUT2D eigenvalue weighted by Gasteiger charge is -2.29. The van der Waals surface area contributed by atoms with E-state index in [2.05, 4.69) is 12.1 Å². The van der Waals surface area contributed by atoms with Gasteiger partial charge in [0, 0.05) is 22.3 Å². The molecule has 4 aromatic carbocycles. The first-order valence-electron chi connectivity index (χ1n) is 10.8. The van der Waals surface area contributed by atoms with Crippen molar-refractivity contribution in [3.05, 3.63) is 141 Å². The van der Waals surface area contributed by atoms with E-state index >= 15 is 0 Å². The van der Waals surface area contributed by atoms with Gasteiger partial charge in [0.25, 0.3) is 0 Å². The summed E-state index contributed by atoms with van der Waals surface area (Å²) in [4.78, 5) is 26.8. The van der Waals surface area contributed by atoms with Gasteiger partial charge in [-0.15, -0.1) is 0 Å². The van der Waals surface area contributed by atoms with Gasteiger partial charge in [-0.25, -0.2) is 0 Å². The monoisotopic (exact) mass is 412 g/mol. The number of hydrogen-bond donors (Lipinski definition) is 0. The first-order chi connectivity index (χ1) is 15.5. The molecule has 2 nitrogen and oxygen atoms in total. The summed E-state index contributed by atoms with van der Waals surface area (Å²) in [7, 11) is 0. The van der Waals surface area contributed by atoms with Crippen LogP contribution in [0.4, 0.5) is 0 Å². The average Bonchev–Trinajstić information content (AvgIpc) is 2.81. The number of carbonyl (C=O) groups is 2. The van der Waals surface area contributed by atoms with Crippen LogP contribution in [0.1, 0.15) is 65.2 Å². The van der Waals surface area contributed by atoms with Crippen molar-refractivity contribution < 1.29 is 9.59 Å². The minimum absolute atomic E-state index is 0.0490. The van der Waals surface area contributed by atoms with Crippen LogP contribution in [0.5, 0.6) is 0 Å². The standard InChI is InChI=1S/C30H20O2/c1-17-11-13-21-25(15-17)29(31)23-9-5-3-7-19(23)27(21)28-20-8-4-6-10-24(20)30(32)26-16-18(2)12-14-22(26)28/h3-16H,1-2H3. The first-order valence-corrected chi connectivity index (χ1v) is 10.8. The van der Waals surface area contributed by atoms with Crippen LogP contribution in [-0.4, -0.2) is 11.6 Å². The summed E-state index contributed by atoms with van der Waals surface area (Å²) in [6.07, 6.45) is 0. The van der Waals surface area contributed by atoms with Crippen molar-refractivity contribution in [1.82, 2.24) is 0 Å². The zero-order chi connectivity index (χ0) is 22.0. The van der Waals surface area contributed by atoms with Crippen LogP contribution in [0.25, 0.3) is 11.1 Å². The van der Waals surface area contributed by atoms with Crippen LogP contribution in [0, 0.1) is 13.8 Å². The van der Waals surface area contributed by atoms with Crippen LogP contribution >= 0.6 is 0 Å². The van der Waals surface area contributed by atoms with E-state index < -0.39 is 0 Å². The number of hydrogen-bond acceptors (Lipinski definition) is 2. The Morgan fingerprint density at radius 1 is 0.406 bits per heavy atom. The summed E-state index contributed by atoms with van der Waals surface area (Å²) >= 11 is 0. The normalized spacial score (nSPS) is 16.2. The molecule has 0 aliphatic heterocycles. The van der Waals surface area contributed by atoms with Gasteiger partial charge in [0.1, 0.15) is 0 Å². The SMILES string of the molecule is Cc1ccc2c(c1)C(=O)c1ccccc1C2=C1c2ccccc2C(=O)c2cc(C)ccc21. The predicted octanol–water partition coefficient (Wildman–Crippen LogP) is 6.40. The van der Waals surface area contributed by atoms with Crippen molar-refractivity contribution in [2.24, 2.45) is 0 Å². The zero-order valence-electron chi connectivity index (χ0n) is 17.9. The molecule has 0 saturated carbocycles. The molecule has 0 fully saturated rings. The molecule has 0 atom stereocenters. The summed E-state index contributed by atoms with van der Waals surface area (Å²) in [5.74, 6) is 0.0981. The molecule has 4 aromatic rings. The molecule has 2 aliphatic carbocycles. The van der Waals surface area contributed by atoms with Crippen LogP contribution < -0.4 is 0 Å². The highest BCUT2D eigenvalue weighted by Gasteiger charge is 2.34. The molecule has 6 rings (SSSR count). The van der Waals surface area contributed by atoms with Gasteiger partial charge in [-0.05, 0) is 59.4 Å².